The molecule has 1 N–H and O–H groups in total. The summed E-state index contributed by atoms with van der Waals surface area (Å²) in [5, 5.41) is 8.93. The zero-order chi connectivity index (χ0) is 9.52. The van der Waals surface area contributed by atoms with Gasteiger partial charge in [-0.05, 0) is 13.0 Å². The van der Waals surface area contributed by atoms with Gasteiger partial charge in [0.1, 0.15) is 0 Å². The van der Waals surface area contributed by atoms with E-state index in [2.05, 4.69) is 11.8 Å². The Morgan fingerprint density at radius 1 is 1.46 bits per heavy atom. The van der Waals surface area contributed by atoms with Gasteiger partial charge < -0.3 is 9.84 Å². The fourth-order valence-corrected chi connectivity index (χ4v) is 1.68. The van der Waals surface area contributed by atoms with E-state index in [1.54, 1.807) is 0 Å². The fourth-order valence-electron chi connectivity index (χ4n) is 1.68. The van der Waals surface area contributed by atoms with Crippen LogP contribution in [0, 0.1) is 0 Å². The van der Waals surface area contributed by atoms with Crippen LogP contribution in [0.3, 0.4) is 0 Å². The Hall–Kier alpha value is -0.120. The van der Waals surface area contributed by atoms with Crippen LogP contribution in [0.5, 0.6) is 0 Å². The van der Waals surface area contributed by atoms with E-state index in [0.29, 0.717) is 0 Å². The first-order valence-corrected chi connectivity index (χ1v) is 5.31. The Labute approximate surface area is 80.7 Å². The number of unbranched alkanes of at least 4 members (excludes halogenated alkanes) is 2. The molecule has 0 aromatic carbocycles. The lowest BCUT2D eigenvalue weighted by Crippen LogP contribution is -2.44. The predicted octanol–water partition coefficient (Wildman–Crippen LogP) is 0.870. The van der Waals surface area contributed by atoms with Crippen molar-refractivity contribution in [3.63, 3.8) is 0 Å². The van der Waals surface area contributed by atoms with Crippen molar-refractivity contribution < 1.29 is 9.84 Å². The lowest BCUT2D eigenvalue weighted by atomic mass is 10.2. The number of morpholine rings is 1. The molecule has 0 bridgehead atoms. The number of aliphatic hydroxyl groups excluding tert-OH is 1. The van der Waals surface area contributed by atoms with Gasteiger partial charge in [-0.1, -0.05) is 19.8 Å². The van der Waals surface area contributed by atoms with E-state index in [1.807, 2.05) is 0 Å². The zero-order valence-electron chi connectivity index (χ0n) is 8.54. The molecule has 1 atom stereocenters. The van der Waals surface area contributed by atoms with Crippen molar-refractivity contribution in [3.05, 3.63) is 0 Å². The van der Waals surface area contributed by atoms with E-state index in [9.17, 15) is 0 Å². The molecule has 0 aliphatic carbocycles. The molecular formula is C10H21NO2. The highest BCUT2D eigenvalue weighted by molar-refractivity contribution is 4.70. The second-order valence-corrected chi connectivity index (χ2v) is 3.68. The largest absolute Gasteiger partial charge is 0.394 e. The first-order valence-electron chi connectivity index (χ1n) is 5.31. The van der Waals surface area contributed by atoms with Crippen LogP contribution < -0.4 is 0 Å². The molecule has 1 aliphatic rings. The van der Waals surface area contributed by atoms with Gasteiger partial charge in [0.05, 0.1) is 19.3 Å². The van der Waals surface area contributed by atoms with E-state index < -0.39 is 0 Å². The lowest BCUT2D eigenvalue weighted by Gasteiger charge is -2.31. The van der Waals surface area contributed by atoms with Gasteiger partial charge >= 0.3 is 0 Å². The third-order valence-electron chi connectivity index (χ3n) is 2.50. The van der Waals surface area contributed by atoms with E-state index >= 15 is 0 Å². The summed E-state index contributed by atoms with van der Waals surface area (Å²) in [5.74, 6) is 0. The normalized spacial score (nSPS) is 24.9. The second-order valence-electron chi connectivity index (χ2n) is 3.68. The molecule has 1 rings (SSSR count). The third kappa shape index (κ3) is 4.07. The van der Waals surface area contributed by atoms with Crippen molar-refractivity contribution in [2.24, 2.45) is 0 Å². The molecule has 0 amide bonds. The van der Waals surface area contributed by atoms with Gasteiger partial charge in [-0.15, -0.1) is 0 Å². The van der Waals surface area contributed by atoms with Crippen LogP contribution in [0.25, 0.3) is 0 Å². The number of hydrogen-bond donors (Lipinski definition) is 1. The first-order chi connectivity index (χ1) is 6.36. The molecule has 78 valence electrons. The summed E-state index contributed by atoms with van der Waals surface area (Å²) in [6, 6.07) is 0. The van der Waals surface area contributed by atoms with Crippen LogP contribution in [0.1, 0.15) is 26.2 Å². The molecule has 3 heteroatoms. The molecule has 0 aromatic heterocycles. The van der Waals surface area contributed by atoms with Crippen LogP contribution in [0.15, 0.2) is 0 Å². The average molecular weight is 187 g/mol. The molecule has 0 aromatic rings. The van der Waals surface area contributed by atoms with Gasteiger partial charge in [0.15, 0.2) is 0 Å². The summed E-state index contributed by atoms with van der Waals surface area (Å²) in [7, 11) is 0. The SMILES string of the molecule is CCCCCN1CCOC(CO)C1. The minimum absolute atomic E-state index is 0.0513. The third-order valence-corrected chi connectivity index (χ3v) is 2.50. The second kappa shape index (κ2) is 6.35. The van der Waals surface area contributed by atoms with Crippen molar-refractivity contribution in [1.82, 2.24) is 4.90 Å². The van der Waals surface area contributed by atoms with Gasteiger partial charge in [-0.25, -0.2) is 0 Å². The average Bonchev–Trinajstić information content (AvgIpc) is 2.19. The molecule has 1 aliphatic heterocycles. The first kappa shape index (κ1) is 11.0. The lowest BCUT2D eigenvalue weighted by molar-refractivity contribution is -0.0529. The van der Waals surface area contributed by atoms with Crippen molar-refractivity contribution in [3.8, 4) is 0 Å². The van der Waals surface area contributed by atoms with Crippen molar-refractivity contribution in [2.75, 3.05) is 32.8 Å². The Morgan fingerprint density at radius 3 is 3.00 bits per heavy atom. The minimum Gasteiger partial charge on any atom is -0.394 e. The standard InChI is InChI=1S/C10H21NO2/c1-2-3-4-5-11-6-7-13-10(8-11)9-12/h10,12H,2-9H2,1H3. The summed E-state index contributed by atoms with van der Waals surface area (Å²) in [4.78, 5) is 2.39. The zero-order valence-corrected chi connectivity index (χ0v) is 8.54. The Kier molecular flexibility index (Phi) is 5.35. The Bertz CT molecular complexity index is 130. The fraction of sp³-hybridized carbons (Fsp3) is 1.00. The Balaban J connectivity index is 2.11. The van der Waals surface area contributed by atoms with Gasteiger partial charge in [0, 0.05) is 13.1 Å². The highest BCUT2D eigenvalue weighted by Gasteiger charge is 2.18. The minimum atomic E-state index is 0.0513. The van der Waals surface area contributed by atoms with E-state index in [4.69, 9.17) is 9.84 Å². The summed E-state index contributed by atoms with van der Waals surface area (Å²) in [6.07, 6.45) is 3.90. The summed E-state index contributed by atoms with van der Waals surface area (Å²) in [5.41, 5.74) is 0. The molecule has 0 radical (unpaired) electrons. The van der Waals surface area contributed by atoms with Gasteiger partial charge in [-0.2, -0.15) is 0 Å². The maximum atomic E-state index is 8.93. The van der Waals surface area contributed by atoms with Crippen LogP contribution in [-0.4, -0.2) is 49.0 Å². The molecule has 1 fully saturated rings. The summed E-state index contributed by atoms with van der Waals surface area (Å²) >= 11 is 0. The Morgan fingerprint density at radius 2 is 2.31 bits per heavy atom. The summed E-state index contributed by atoms with van der Waals surface area (Å²) < 4.78 is 5.37. The molecule has 0 saturated carbocycles. The number of nitrogens with zero attached hydrogens (tertiary/aromatic N) is 1. The van der Waals surface area contributed by atoms with Gasteiger partial charge in [-0.3, -0.25) is 4.90 Å². The molecule has 3 nitrogen and oxygen atoms in total. The predicted molar refractivity (Wildman–Crippen MR) is 52.8 cm³/mol. The van der Waals surface area contributed by atoms with E-state index in [-0.39, 0.29) is 12.7 Å². The number of ether oxygens (including phenoxy) is 1. The van der Waals surface area contributed by atoms with Gasteiger partial charge in [0.25, 0.3) is 0 Å². The van der Waals surface area contributed by atoms with Crippen molar-refractivity contribution in [2.45, 2.75) is 32.3 Å². The maximum Gasteiger partial charge on any atom is 0.0932 e. The smallest absolute Gasteiger partial charge is 0.0932 e. The van der Waals surface area contributed by atoms with E-state index in [1.165, 1.54) is 19.3 Å². The summed E-state index contributed by atoms with van der Waals surface area (Å²) in [6.45, 7) is 6.24. The van der Waals surface area contributed by atoms with Crippen molar-refractivity contribution >= 4 is 0 Å². The van der Waals surface area contributed by atoms with Crippen LogP contribution in [-0.2, 0) is 4.74 Å². The number of hydrogen-bond acceptors (Lipinski definition) is 3. The van der Waals surface area contributed by atoms with Crippen LogP contribution in [0.2, 0.25) is 0 Å². The number of rotatable bonds is 5. The van der Waals surface area contributed by atoms with Crippen LogP contribution in [0.4, 0.5) is 0 Å². The molecule has 1 saturated heterocycles. The monoisotopic (exact) mass is 187 g/mol. The van der Waals surface area contributed by atoms with Gasteiger partial charge in [0.2, 0.25) is 0 Å². The molecule has 0 spiro atoms. The highest BCUT2D eigenvalue weighted by Crippen LogP contribution is 2.06. The molecule has 13 heavy (non-hydrogen) atoms. The molecular weight excluding hydrogens is 166 g/mol. The quantitative estimate of drug-likeness (QED) is 0.648. The van der Waals surface area contributed by atoms with E-state index in [0.717, 1.165) is 26.2 Å². The maximum absolute atomic E-state index is 8.93. The van der Waals surface area contributed by atoms with Crippen molar-refractivity contribution in [1.29, 1.82) is 0 Å². The highest BCUT2D eigenvalue weighted by atomic mass is 16.5. The molecule has 1 heterocycles. The topological polar surface area (TPSA) is 32.7 Å². The van der Waals surface area contributed by atoms with Crippen LogP contribution >= 0.6 is 0 Å². The number of aliphatic hydroxyl groups is 1. The molecule has 1 unspecified atom stereocenters.